The summed E-state index contributed by atoms with van der Waals surface area (Å²) in [5, 5.41) is 0. The number of benzene rings is 1. The maximum Gasteiger partial charge on any atom is 0.341 e. The monoisotopic (exact) mass is 418 g/mol. The normalized spacial score (nSPS) is 17.1. The molecule has 0 aliphatic carbocycles. The lowest BCUT2D eigenvalue weighted by Crippen LogP contribution is -2.49. The molecule has 1 fully saturated rings. The van der Waals surface area contributed by atoms with Gasteiger partial charge < -0.3 is 4.74 Å². The van der Waals surface area contributed by atoms with E-state index in [-0.39, 0.29) is 6.04 Å². The van der Waals surface area contributed by atoms with Crippen LogP contribution in [0.4, 0.5) is 0 Å². The van der Waals surface area contributed by atoms with E-state index in [0.29, 0.717) is 54.8 Å². The standard InChI is InChI=1S/C20H26N4O4S/c1-4-28-20(25)18-14-21-19(22-15(18)2)16(3)23-10-12-24(13-11-23)29(26,27)17-8-6-5-7-9-17/h5-9,14,16H,4,10-13H2,1-3H3. The molecule has 0 radical (unpaired) electrons. The minimum absolute atomic E-state index is 0.0912. The van der Waals surface area contributed by atoms with Crippen LogP contribution in [-0.4, -0.2) is 66.3 Å². The van der Waals surface area contributed by atoms with Crippen molar-refractivity contribution in [3.05, 3.63) is 53.6 Å². The molecule has 1 atom stereocenters. The van der Waals surface area contributed by atoms with Gasteiger partial charge in [0, 0.05) is 32.4 Å². The van der Waals surface area contributed by atoms with Crippen LogP contribution in [0.2, 0.25) is 0 Å². The Hall–Kier alpha value is -2.36. The van der Waals surface area contributed by atoms with E-state index in [4.69, 9.17) is 4.74 Å². The molecule has 2 heterocycles. The fraction of sp³-hybridized carbons (Fsp3) is 0.450. The predicted molar refractivity (Wildman–Crippen MR) is 108 cm³/mol. The third-order valence-electron chi connectivity index (χ3n) is 5.07. The van der Waals surface area contributed by atoms with Crippen molar-refractivity contribution in [2.45, 2.75) is 31.7 Å². The van der Waals surface area contributed by atoms with Gasteiger partial charge in [0.25, 0.3) is 0 Å². The summed E-state index contributed by atoms with van der Waals surface area (Å²) >= 11 is 0. The smallest absolute Gasteiger partial charge is 0.341 e. The Bertz CT molecular complexity index is 958. The van der Waals surface area contributed by atoms with Crippen LogP contribution in [0.15, 0.2) is 41.4 Å². The summed E-state index contributed by atoms with van der Waals surface area (Å²) in [6.45, 7) is 7.76. The summed E-state index contributed by atoms with van der Waals surface area (Å²) in [5.41, 5.74) is 0.937. The number of piperazine rings is 1. The molecule has 1 aromatic heterocycles. The van der Waals surface area contributed by atoms with Gasteiger partial charge in [-0.15, -0.1) is 0 Å². The van der Waals surface area contributed by atoms with Crippen LogP contribution in [0.5, 0.6) is 0 Å². The van der Waals surface area contributed by atoms with Gasteiger partial charge in [-0.2, -0.15) is 4.31 Å². The minimum atomic E-state index is -3.48. The van der Waals surface area contributed by atoms with Gasteiger partial charge in [0.15, 0.2) is 0 Å². The Morgan fingerprint density at radius 2 is 1.83 bits per heavy atom. The molecule has 1 saturated heterocycles. The highest BCUT2D eigenvalue weighted by Gasteiger charge is 2.31. The zero-order valence-electron chi connectivity index (χ0n) is 16.9. The number of carbonyl (C=O) groups excluding carboxylic acids is 1. The maximum atomic E-state index is 12.8. The summed E-state index contributed by atoms with van der Waals surface area (Å²) in [6.07, 6.45) is 1.50. The molecule has 2 aromatic rings. The molecule has 8 nitrogen and oxygen atoms in total. The number of ether oxygens (including phenoxy) is 1. The third-order valence-corrected chi connectivity index (χ3v) is 6.98. The van der Waals surface area contributed by atoms with Gasteiger partial charge in [-0.1, -0.05) is 18.2 Å². The molecule has 1 aromatic carbocycles. The zero-order chi connectivity index (χ0) is 21.0. The fourth-order valence-electron chi connectivity index (χ4n) is 3.33. The first-order valence-corrected chi connectivity index (χ1v) is 11.1. The van der Waals surface area contributed by atoms with Crippen LogP contribution in [-0.2, 0) is 14.8 Å². The number of esters is 1. The molecule has 0 amide bonds. The average molecular weight is 419 g/mol. The SMILES string of the molecule is CCOC(=O)c1cnc(C(C)N2CCN(S(=O)(=O)c3ccccc3)CC2)nc1C. The third kappa shape index (κ3) is 4.63. The quantitative estimate of drug-likeness (QED) is 0.663. The highest BCUT2D eigenvalue weighted by molar-refractivity contribution is 7.89. The number of carbonyl (C=O) groups is 1. The first-order chi connectivity index (χ1) is 13.8. The molecule has 1 unspecified atom stereocenters. The minimum Gasteiger partial charge on any atom is -0.462 e. The average Bonchev–Trinajstić information content (AvgIpc) is 2.74. The number of nitrogens with zero attached hydrogens (tertiary/aromatic N) is 4. The lowest BCUT2D eigenvalue weighted by atomic mass is 10.2. The van der Waals surface area contributed by atoms with Crippen molar-refractivity contribution in [1.82, 2.24) is 19.2 Å². The fourth-order valence-corrected chi connectivity index (χ4v) is 4.77. The van der Waals surface area contributed by atoms with Crippen molar-refractivity contribution in [2.24, 2.45) is 0 Å². The van der Waals surface area contributed by atoms with Gasteiger partial charge in [0.1, 0.15) is 5.82 Å². The van der Waals surface area contributed by atoms with Crippen molar-refractivity contribution < 1.29 is 17.9 Å². The molecular formula is C20H26N4O4S. The highest BCUT2D eigenvalue weighted by atomic mass is 32.2. The Balaban J connectivity index is 1.67. The second-order valence-electron chi connectivity index (χ2n) is 6.88. The number of sulfonamides is 1. The van der Waals surface area contributed by atoms with Crippen LogP contribution < -0.4 is 0 Å². The lowest BCUT2D eigenvalue weighted by Gasteiger charge is -2.36. The van der Waals surface area contributed by atoms with Crippen LogP contribution >= 0.6 is 0 Å². The molecular weight excluding hydrogens is 392 g/mol. The van der Waals surface area contributed by atoms with Gasteiger partial charge in [0.05, 0.1) is 28.8 Å². The molecule has 0 saturated carbocycles. The van der Waals surface area contributed by atoms with Gasteiger partial charge in [-0.25, -0.2) is 23.2 Å². The molecule has 1 aliphatic heterocycles. The molecule has 3 rings (SSSR count). The van der Waals surface area contributed by atoms with E-state index < -0.39 is 16.0 Å². The van der Waals surface area contributed by atoms with Gasteiger partial charge in [0.2, 0.25) is 10.0 Å². The molecule has 0 N–H and O–H groups in total. The molecule has 29 heavy (non-hydrogen) atoms. The van der Waals surface area contributed by atoms with Crippen LogP contribution in [0, 0.1) is 6.92 Å². The zero-order valence-corrected chi connectivity index (χ0v) is 17.7. The van der Waals surface area contributed by atoms with Crippen molar-refractivity contribution in [1.29, 1.82) is 0 Å². The van der Waals surface area contributed by atoms with Gasteiger partial charge in [-0.05, 0) is 32.9 Å². The topological polar surface area (TPSA) is 92.7 Å². The van der Waals surface area contributed by atoms with E-state index in [1.807, 2.05) is 6.92 Å². The van der Waals surface area contributed by atoms with E-state index in [0.717, 1.165) is 0 Å². The summed E-state index contributed by atoms with van der Waals surface area (Å²) in [4.78, 5) is 23.2. The van der Waals surface area contributed by atoms with E-state index in [9.17, 15) is 13.2 Å². The number of hydrogen-bond donors (Lipinski definition) is 0. The summed E-state index contributed by atoms with van der Waals surface area (Å²) in [5.74, 6) is 0.179. The van der Waals surface area contributed by atoms with E-state index in [1.54, 1.807) is 44.2 Å². The molecule has 9 heteroatoms. The Morgan fingerprint density at radius 3 is 2.41 bits per heavy atom. The largest absolute Gasteiger partial charge is 0.462 e. The van der Waals surface area contributed by atoms with Crippen molar-refractivity contribution in [3.63, 3.8) is 0 Å². The molecule has 0 spiro atoms. The van der Waals surface area contributed by atoms with Crippen molar-refractivity contribution in [3.8, 4) is 0 Å². The van der Waals surface area contributed by atoms with Crippen LogP contribution in [0.25, 0.3) is 0 Å². The number of hydrogen-bond acceptors (Lipinski definition) is 7. The van der Waals surface area contributed by atoms with Crippen molar-refractivity contribution >= 4 is 16.0 Å². The first-order valence-electron chi connectivity index (χ1n) is 9.64. The second kappa shape index (κ2) is 8.98. The number of aromatic nitrogens is 2. The van der Waals surface area contributed by atoms with Crippen molar-refractivity contribution in [2.75, 3.05) is 32.8 Å². The van der Waals surface area contributed by atoms with Gasteiger partial charge in [-0.3, -0.25) is 4.90 Å². The summed E-state index contributed by atoms with van der Waals surface area (Å²) < 4.78 is 32.1. The Labute approximate surface area is 171 Å². The maximum absolute atomic E-state index is 12.8. The van der Waals surface area contributed by atoms with Crippen LogP contribution in [0.1, 0.15) is 41.8 Å². The van der Waals surface area contributed by atoms with E-state index >= 15 is 0 Å². The van der Waals surface area contributed by atoms with E-state index in [2.05, 4.69) is 14.9 Å². The Kier molecular flexibility index (Phi) is 6.61. The molecule has 156 valence electrons. The Morgan fingerprint density at radius 1 is 1.17 bits per heavy atom. The van der Waals surface area contributed by atoms with Gasteiger partial charge >= 0.3 is 5.97 Å². The number of rotatable bonds is 6. The lowest BCUT2D eigenvalue weighted by molar-refractivity contribution is 0.0524. The summed E-state index contributed by atoms with van der Waals surface area (Å²) in [6, 6.07) is 8.40. The van der Waals surface area contributed by atoms with Crippen LogP contribution in [0.3, 0.4) is 0 Å². The molecule has 1 aliphatic rings. The van der Waals surface area contributed by atoms with E-state index in [1.165, 1.54) is 10.5 Å². The summed E-state index contributed by atoms with van der Waals surface area (Å²) in [7, 11) is -3.48. The highest BCUT2D eigenvalue weighted by Crippen LogP contribution is 2.23. The second-order valence-corrected chi connectivity index (χ2v) is 8.81. The number of aryl methyl sites for hydroxylation is 1. The predicted octanol–water partition coefficient (Wildman–Crippen LogP) is 2.03. The first kappa shape index (κ1) is 21.4. The molecule has 0 bridgehead atoms.